The number of carboxylic acid groups (broad SMARTS) is 1. The number of thiocarbonyl (C=S) groups is 1. The number of thioether (sulfide) groups is 1. The Bertz CT molecular complexity index is 876. The van der Waals surface area contributed by atoms with Gasteiger partial charge in [0.2, 0.25) is 0 Å². The zero-order valence-electron chi connectivity index (χ0n) is 14.1. The first-order valence-corrected chi connectivity index (χ1v) is 9.28. The van der Waals surface area contributed by atoms with E-state index in [4.69, 9.17) is 12.2 Å². The lowest BCUT2D eigenvalue weighted by molar-refractivity contribution is -0.138. The molecule has 0 spiro atoms. The molecule has 0 aromatic heterocycles. The number of rotatable bonds is 5. The van der Waals surface area contributed by atoms with E-state index in [0.29, 0.717) is 9.23 Å². The van der Waals surface area contributed by atoms with Crippen molar-refractivity contribution in [2.45, 2.75) is 19.4 Å². The zero-order chi connectivity index (χ0) is 18.7. The maximum Gasteiger partial charge on any atom is 0.305 e. The van der Waals surface area contributed by atoms with Crippen LogP contribution in [0.5, 0.6) is 0 Å². The Morgan fingerprint density at radius 3 is 2.46 bits per heavy atom. The van der Waals surface area contributed by atoms with Crippen LogP contribution in [0.4, 0.5) is 0 Å². The highest BCUT2D eigenvalue weighted by molar-refractivity contribution is 8.26. The van der Waals surface area contributed by atoms with Gasteiger partial charge in [0.25, 0.3) is 5.91 Å². The molecule has 1 heterocycles. The van der Waals surface area contributed by atoms with Crippen LogP contribution in [0.15, 0.2) is 59.5 Å². The van der Waals surface area contributed by atoms with Crippen LogP contribution in [-0.4, -0.2) is 26.2 Å². The van der Waals surface area contributed by atoms with Crippen molar-refractivity contribution in [2.75, 3.05) is 0 Å². The molecular formula is C20H17NO3S2. The van der Waals surface area contributed by atoms with E-state index in [1.54, 1.807) is 6.08 Å². The van der Waals surface area contributed by atoms with E-state index in [1.165, 1.54) is 16.7 Å². The summed E-state index contributed by atoms with van der Waals surface area (Å²) in [6.07, 6.45) is 1.59. The van der Waals surface area contributed by atoms with Crippen molar-refractivity contribution in [3.8, 4) is 0 Å². The van der Waals surface area contributed by atoms with E-state index in [1.807, 2.05) is 61.5 Å². The molecule has 0 unspecified atom stereocenters. The summed E-state index contributed by atoms with van der Waals surface area (Å²) < 4.78 is 0.378. The quantitative estimate of drug-likeness (QED) is 0.612. The predicted octanol–water partition coefficient (Wildman–Crippen LogP) is 4.41. The van der Waals surface area contributed by atoms with Crippen LogP contribution in [0, 0.1) is 6.92 Å². The molecule has 1 aliphatic heterocycles. The van der Waals surface area contributed by atoms with Gasteiger partial charge < -0.3 is 5.11 Å². The van der Waals surface area contributed by atoms with Gasteiger partial charge in [0.05, 0.1) is 17.4 Å². The van der Waals surface area contributed by atoms with Crippen LogP contribution < -0.4 is 0 Å². The van der Waals surface area contributed by atoms with Gasteiger partial charge >= 0.3 is 5.97 Å². The first-order valence-electron chi connectivity index (χ1n) is 8.06. The van der Waals surface area contributed by atoms with E-state index in [2.05, 4.69) is 0 Å². The molecule has 0 radical (unpaired) electrons. The third kappa shape index (κ3) is 4.03. The molecule has 1 aliphatic rings. The Kier molecular flexibility index (Phi) is 5.54. The van der Waals surface area contributed by atoms with Gasteiger partial charge in [-0.3, -0.25) is 14.5 Å². The molecule has 1 N–H and O–H groups in total. The second-order valence-electron chi connectivity index (χ2n) is 5.99. The maximum absolute atomic E-state index is 12.9. The summed E-state index contributed by atoms with van der Waals surface area (Å²) in [7, 11) is 0. The number of aryl methyl sites for hydroxylation is 1. The summed E-state index contributed by atoms with van der Waals surface area (Å²) in [5, 5.41) is 9.30. The molecule has 2 aromatic carbocycles. The predicted molar refractivity (Wildman–Crippen MR) is 108 cm³/mol. The minimum absolute atomic E-state index is 0.200. The van der Waals surface area contributed by atoms with Gasteiger partial charge in [-0.1, -0.05) is 84.1 Å². The fourth-order valence-corrected chi connectivity index (χ4v) is 4.12. The highest BCUT2D eigenvalue weighted by atomic mass is 32.2. The summed E-state index contributed by atoms with van der Waals surface area (Å²) in [4.78, 5) is 26.2. The molecular weight excluding hydrogens is 366 g/mol. The van der Waals surface area contributed by atoms with Gasteiger partial charge in [0.1, 0.15) is 4.32 Å². The standard InChI is InChI=1S/C20H17NO3S2/c1-13-7-9-14(10-8-13)11-17-19(24)21(20(25)26-17)16(12-18(22)23)15-5-3-2-4-6-15/h2-11,16H,12H2,1H3,(H,22,23)/b17-11-/t16-/m0/s1. The largest absolute Gasteiger partial charge is 0.481 e. The number of hydrogen-bond donors (Lipinski definition) is 1. The fraction of sp³-hybridized carbons (Fsp3) is 0.150. The van der Waals surface area contributed by atoms with Crippen molar-refractivity contribution >= 4 is 46.3 Å². The van der Waals surface area contributed by atoms with Crippen LogP contribution >= 0.6 is 24.0 Å². The number of carbonyl (C=O) groups excluding carboxylic acids is 1. The first kappa shape index (κ1) is 18.4. The van der Waals surface area contributed by atoms with Crippen LogP contribution in [-0.2, 0) is 9.59 Å². The molecule has 1 fully saturated rings. The summed E-state index contributed by atoms with van der Waals surface area (Å²) in [5.41, 5.74) is 2.80. The number of aliphatic carboxylic acids is 1. The molecule has 1 atom stereocenters. The van der Waals surface area contributed by atoms with Crippen molar-refractivity contribution in [1.29, 1.82) is 0 Å². The lowest BCUT2D eigenvalue weighted by atomic mass is 10.0. The van der Waals surface area contributed by atoms with Crippen molar-refractivity contribution in [3.05, 3.63) is 76.2 Å². The van der Waals surface area contributed by atoms with Crippen molar-refractivity contribution in [2.24, 2.45) is 0 Å². The normalized spacial score (nSPS) is 17.0. The molecule has 6 heteroatoms. The molecule has 0 aliphatic carbocycles. The third-order valence-electron chi connectivity index (χ3n) is 4.06. The second kappa shape index (κ2) is 7.85. The SMILES string of the molecule is Cc1ccc(/C=C2\SC(=S)N([C@@H](CC(=O)O)c3ccccc3)C2=O)cc1. The average Bonchev–Trinajstić information content (AvgIpc) is 2.89. The number of hydrogen-bond acceptors (Lipinski definition) is 4. The minimum Gasteiger partial charge on any atom is -0.481 e. The molecule has 132 valence electrons. The number of nitrogens with zero attached hydrogens (tertiary/aromatic N) is 1. The Morgan fingerprint density at radius 2 is 1.85 bits per heavy atom. The topological polar surface area (TPSA) is 57.6 Å². The summed E-state index contributed by atoms with van der Waals surface area (Å²) in [6, 6.07) is 16.3. The summed E-state index contributed by atoms with van der Waals surface area (Å²) >= 11 is 6.60. The molecule has 1 amide bonds. The molecule has 1 saturated heterocycles. The lowest BCUT2D eigenvalue weighted by Crippen LogP contribution is -2.34. The van der Waals surface area contributed by atoms with Crippen LogP contribution in [0.2, 0.25) is 0 Å². The Hall–Kier alpha value is -2.44. The molecule has 26 heavy (non-hydrogen) atoms. The Balaban J connectivity index is 1.93. The molecule has 0 saturated carbocycles. The van der Waals surface area contributed by atoms with Crippen molar-refractivity contribution in [3.63, 3.8) is 0 Å². The van der Waals surface area contributed by atoms with Gasteiger partial charge in [0, 0.05) is 0 Å². The average molecular weight is 383 g/mol. The van der Waals surface area contributed by atoms with E-state index in [0.717, 1.165) is 16.7 Å². The van der Waals surface area contributed by atoms with Gasteiger partial charge in [-0.05, 0) is 24.1 Å². The van der Waals surface area contributed by atoms with Crippen molar-refractivity contribution < 1.29 is 14.7 Å². The maximum atomic E-state index is 12.9. The third-order valence-corrected chi connectivity index (χ3v) is 5.39. The van der Waals surface area contributed by atoms with Gasteiger partial charge in [-0.2, -0.15) is 0 Å². The molecule has 4 nitrogen and oxygen atoms in total. The van der Waals surface area contributed by atoms with Gasteiger partial charge in [-0.25, -0.2) is 0 Å². The first-order chi connectivity index (χ1) is 12.5. The van der Waals surface area contributed by atoms with Crippen molar-refractivity contribution in [1.82, 2.24) is 4.90 Å². The van der Waals surface area contributed by atoms with E-state index >= 15 is 0 Å². The van der Waals surface area contributed by atoms with Crippen LogP contribution in [0.25, 0.3) is 6.08 Å². The Morgan fingerprint density at radius 1 is 1.19 bits per heavy atom. The molecule has 0 bridgehead atoms. The number of carboxylic acids is 1. The zero-order valence-corrected chi connectivity index (χ0v) is 15.7. The van der Waals surface area contributed by atoms with Crippen LogP contribution in [0.1, 0.15) is 29.2 Å². The van der Waals surface area contributed by atoms with E-state index in [-0.39, 0.29) is 12.3 Å². The number of benzene rings is 2. The minimum atomic E-state index is -0.976. The number of amides is 1. The molecule has 3 rings (SSSR count). The number of carbonyl (C=O) groups is 2. The smallest absolute Gasteiger partial charge is 0.305 e. The van der Waals surface area contributed by atoms with E-state index in [9.17, 15) is 14.7 Å². The highest BCUT2D eigenvalue weighted by Crippen LogP contribution is 2.39. The van der Waals surface area contributed by atoms with Gasteiger partial charge in [0.15, 0.2) is 0 Å². The fourth-order valence-electron chi connectivity index (χ4n) is 2.76. The Labute approximate surface area is 161 Å². The summed E-state index contributed by atoms with van der Waals surface area (Å²) in [6.45, 7) is 2.00. The van der Waals surface area contributed by atoms with Crippen LogP contribution in [0.3, 0.4) is 0 Å². The lowest BCUT2D eigenvalue weighted by Gasteiger charge is -2.26. The van der Waals surface area contributed by atoms with Gasteiger partial charge in [-0.15, -0.1) is 0 Å². The van der Waals surface area contributed by atoms with E-state index < -0.39 is 12.0 Å². The second-order valence-corrected chi connectivity index (χ2v) is 7.66. The summed E-state index contributed by atoms with van der Waals surface area (Å²) in [5.74, 6) is -1.23. The molecule has 2 aromatic rings. The highest BCUT2D eigenvalue weighted by Gasteiger charge is 2.38. The monoisotopic (exact) mass is 383 g/mol.